The van der Waals surface area contributed by atoms with Crippen LogP contribution in [0.5, 0.6) is 0 Å². The van der Waals surface area contributed by atoms with Gasteiger partial charge in [0.05, 0.1) is 17.3 Å². The summed E-state index contributed by atoms with van der Waals surface area (Å²) in [4.78, 5) is 5.46. The number of aryl methyl sites for hydroxylation is 2. The van der Waals surface area contributed by atoms with Gasteiger partial charge in [-0.05, 0) is 26.0 Å². The Kier molecular flexibility index (Phi) is 4.25. The fourth-order valence-electron chi connectivity index (χ4n) is 1.51. The Morgan fingerprint density at radius 2 is 2.00 bits per heavy atom. The molecule has 0 aliphatic heterocycles. The first-order valence-corrected chi connectivity index (χ1v) is 8.25. The Morgan fingerprint density at radius 1 is 1.32 bits per heavy atom. The summed E-state index contributed by atoms with van der Waals surface area (Å²) in [5.74, 6) is 0. The molecule has 1 aromatic heterocycles. The van der Waals surface area contributed by atoms with E-state index in [1.807, 2.05) is 13.8 Å². The molecule has 0 aliphatic rings. The lowest BCUT2D eigenvalue weighted by atomic mass is 10.4. The number of aromatic nitrogens is 1. The molecule has 0 bridgehead atoms. The lowest BCUT2D eigenvalue weighted by Crippen LogP contribution is -2.23. The summed E-state index contributed by atoms with van der Waals surface area (Å²) in [7, 11) is -3.61. The molecule has 0 radical (unpaired) electrons. The fourth-order valence-corrected chi connectivity index (χ4v) is 3.98. The average Bonchev–Trinajstić information content (AvgIpc) is 2.67. The Hall–Kier alpha value is -0.950. The second-order valence-electron chi connectivity index (χ2n) is 4.00. The highest BCUT2D eigenvalue weighted by atomic mass is 35.5. The summed E-state index contributed by atoms with van der Waals surface area (Å²) < 4.78 is 26.7. The smallest absolute Gasteiger partial charge is 0.242 e. The van der Waals surface area contributed by atoms with Crippen LogP contribution in [0.25, 0.3) is 0 Å². The van der Waals surface area contributed by atoms with Crippen molar-refractivity contribution in [2.45, 2.75) is 25.3 Å². The van der Waals surface area contributed by atoms with E-state index in [9.17, 15) is 8.42 Å². The predicted molar refractivity (Wildman–Crippen MR) is 77.1 cm³/mol. The number of hydrogen-bond donors (Lipinski definition) is 1. The van der Waals surface area contributed by atoms with Gasteiger partial charge in [-0.25, -0.2) is 18.1 Å². The molecule has 4 nitrogen and oxygen atoms in total. The second-order valence-corrected chi connectivity index (χ2v) is 7.43. The van der Waals surface area contributed by atoms with E-state index in [4.69, 9.17) is 11.6 Å². The van der Waals surface area contributed by atoms with E-state index in [2.05, 4.69) is 9.71 Å². The number of sulfonamides is 1. The van der Waals surface area contributed by atoms with Gasteiger partial charge in [0.1, 0.15) is 9.90 Å². The van der Waals surface area contributed by atoms with Crippen LogP contribution in [0.2, 0.25) is 5.02 Å². The number of hydrogen-bond acceptors (Lipinski definition) is 4. The second kappa shape index (κ2) is 5.58. The molecule has 0 amide bonds. The normalized spacial score (nSPS) is 11.7. The molecule has 0 spiro atoms. The Labute approximate surface area is 121 Å². The summed E-state index contributed by atoms with van der Waals surface area (Å²) in [6.45, 7) is 4.03. The van der Waals surface area contributed by atoms with Crippen LogP contribution in [0.3, 0.4) is 0 Å². The summed E-state index contributed by atoms with van der Waals surface area (Å²) >= 11 is 7.37. The zero-order valence-corrected chi connectivity index (χ0v) is 12.9. The van der Waals surface area contributed by atoms with Gasteiger partial charge in [0.25, 0.3) is 0 Å². The summed E-state index contributed by atoms with van der Waals surface area (Å²) in [6.07, 6.45) is 0. The molecule has 0 atom stereocenters. The van der Waals surface area contributed by atoms with E-state index < -0.39 is 10.0 Å². The number of halogens is 1. The van der Waals surface area contributed by atoms with Crippen LogP contribution in [0.1, 0.15) is 15.6 Å². The lowest BCUT2D eigenvalue weighted by molar-refractivity contribution is 0.581. The molecule has 2 aromatic rings. The minimum atomic E-state index is -3.61. The topological polar surface area (TPSA) is 59.1 Å². The van der Waals surface area contributed by atoms with Crippen molar-refractivity contribution in [3.63, 3.8) is 0 Å². The van der Waals surface area contributed by atoms with Crippen LogP contribution in [0, 0.1) is 13.8 Å². The number of nitrogens with one attached hydrogen (secondary N) is 1. The minimum Gasteiger partial charge on any atom is -0.245 e. The summed E-state index contributed by atoms with van der Waals surface area (Å²) in [5.41, 5.74) is 0.928. The highest BCUT2D eigenvalue weighted by molar-refractivity contribution is 7.89. The van der Waals surface area contributed by atoms with Gasteiger partial charge in [-0.1, -0.05) is 23.7 Å². The van der Waals surface area contributed by atoms with Crippen molar-refractivity contribution in [2.75, 3.05) is 0 Å². The van der Waals surface area contributed by atoms with E-state index in [1.165, 1.54) is 17.4 Å². The number of nitrogens with zero attached hydrogens (tertiary/aromatic N) is 1. The molecular formula is C12H13ClN2O2S2. The predicted octanol–water partition coefficient (Wildman–Crippen LogP) is 2.89. The van der Waals surface area contributed by atoms with E-state index in [0.29, 0.717) is 0 Å². The third-order valence-electron chi connectivity index (χ3n) is 2.61. The van der Waals surface area contributed by atoms with Crippen molar-refractivity contribution in [1.29, 1.82) is 0 Å². The molecule has 0 aliphatic carbocycles. The van der Waals surface area contributed by atoms with Gasteiger partial charge < -0.3 is 0 Å². The van der Waals surface area contributed by atoms with Gasteiger partial charge in [-0.3, -0.25) is 0 Å². The Balaban J connectivity index is 2.17. The molecule has 1 heterocycles. The van der Waals surface area contributed by atoms with Crippen LogP contribution >= 0.6 is 22.9 Å². The highest BCUT2D eigenvalue weighted by Crippen LogP contribution is 2.21. The van der Waals surface area contributed by atoms with Crippen molar-refractivity contribution >= 4 is 33.0 Å². The molecule has 7 heteroatoms. The Bertz CT molecular complexity index is 676. The van der Waals surface area contributed by atoms with E-state index in [0.717, 1.165) is 15.6 Å². The first kappa shape index (κ1) is 14.5. The maximum atomic E-state index is 12.1. The molecule has 19 heavy (non-hydrogen) atoms. The van der Waals surface area contributed by atoms with Crippen molar-refractivity contribution in [3.05, 3.63) is 44.9 Å². The summed E-state index contributed by atoms with van der Waals surface area (Å²) in [5, 5.41) is 0.951. The van der Waals surface area contributed by atoms with Crippen LogP contribution < -0.4 is 4.72 Å². The molecule has 0 unspecified atom stereocenters. The van der Waals surface area contributed by atoms with E-state index in [1.54, 1.807) is 18.2 Å². The third kappa shape index (κ3) is 3.33. The van der Waals surface area contributed by atoms with Crippen LogP contribution in [0.15, 0.2) is 29.2 Å². The quantitative estimate of drug-likeness (QED) is 0.943. The zero-order valence-electron chi connectivity index (χ0n) is 10.5. The molecule has 1 aromatic carbocycles. The maximum Gasteiger partial charge on any atom is 0.242 e. The van der Waals surface area contributed by atoms with E-state index in [-0.39, 0.29) is 16.5 Å². The van der Waals surface area contributed by atoms with Crippen molar-refractivity contribution in [2.24, 2.45) is 0 Å². The van der Waals surface area contributed by atoms with Gasteiger partial charge in [0.15, 0.2) is 0 Å². The largest absolute Gasteiger partial charge is 0.245 e. The Morgan fingerprint density at radius 3 is 2.58 bits per heavy atom. The van der Waals surface area contributed by atoms with Gasteiger partial charge >= 0.3 is 0 Å². The number of thiazole rings is 1. The molecule has 0 fully saturated rings. The molecule has 1 N–H and O–H groups in total. The first-order chi connectivity index (χ1) is 8.90. The third-order valence-corrected chi connectivity index (χ3v) is 5.59. The molecule has 0 saturated carbocycles. The van der Waals surface area contributed by atoms with Crippen LogP contribution in [-0.4, -0.2) is 13.4 Å². The van der Waals surface area contributed by atoms with Crippen molar-refractivity contribution < 1.29 is 8.42 Å². The first-order valence-electron chi connectivity index (χ1n) is 5.57. The highest BCUT2D eigenvalue weighted by Gasteiger charge is 2.17. The maximum absolute atomic E-state index is 12.1. The van der Waals surface area contributed by atoms with E-state index >= 15 is 0 Å². The standard InChI is InChI=1S/C12H13ClN2O2S2/c1-8-9(2)18-12(15-8)7-14-19(16,17)11-6-4-3-5-10(11)13/h3-6,14H,7H2,1-2H3. The minimum absolute atomic E-state index is 0.0849. The van der Waals surface area contributed by atoms with Gasteiger partial charge in [0, 0.05) is 4.88 Å². The molecule has 2 rings (SSSR count). The van der Waals surface area contributed by atoms with Crippen LogP contribution in [-0.2, 0) is 16.6 Å². The zero-order chi connectivity index (χ0) is 14.0. The SMILES string of the molecule is Cc1nc(CNS(=O)(=O)c2ccccc2Cl)sc1C. The van der Waals surface area contributed by atoms with Gasteiger partial charge in [0.2, 0.25) is 10.0 Å². The summed E-state index contributed by atoms with van der Waals surface area (Å²) in [6, 6.07) is 6.35. The molecule has 102 valence electrons. The lowest BCUT2D eigenvalue weighted by Gasteiger charge is -2.06. The average molecular weight is 317 g/mol. The fraction of sp³-hybridized carbons (Fsp3) is 0.250. The van der Waals surface area contributed by atoms with Crippen molar-refractivity contribution in [3.8, 4) is 0 Å². The number of rotatable bonds is 4. The van der Waals surface area contributed by atoms with Crippen molar-refractivity contribution in [1.82, 2.24) is 9.71 Å². The van der Waals surface area contributed by atoms with Gasteiger partial charge in [-0.2, -0.15) is 0 Å². The molecule has 0 saturated heterocycles. The van der Waals surface area contributed by atoms with Crippen LogP contribution in [0.4, 0.5) is 0 Å². The number of benzene rings is 1. The monoisotopic (exact) mass is 316 g/mol. The molecular weight excluding hydrogens is 304 g/mol. The van der Waals surface area contributed by atoms with Gasteiger partial charge in [-0.15, -0.1) is 11.3 Å².